The second kappa shape index (κ2) is 6.77. The van der Waals surface area contributed by atoms with Crippen LogP contribution in [0.3, 0.4) is 0 Å². The summed E-state index contributed by atoms with van der Waals surface area (Å²) in [4.78, 5) is 6.62. The van der Waals surface area contributed by atoms with E-state index in [1.165, 1.54) is 18.2 Å². The molecule has 8 heteroatoms. The summed E-state index contributed by atoms with van der Waals surface area (Å²) in [5.74, 6) is -0.847. The molecule has 1 atom stereocenters. The summed E-state index contributed by atoms with van der Waals surface area (Å²) in [6.07, 6.45) is 2.32. The van der Waals surface area contributed by atoms with Crippen molar-refractivity contribution in [3.05, 3.63) is 58.1 Å². The van der Waals surface area contributed by atoms with Crippen molar-refractivity contribution < 1.29 is 18.1 Å². The minimum Gasteiger partial charge on any atom is -0.399 e. The van der Waals surface area contributed by atoms with Gasteiger partial charge in [-0.15, -0.1) is 0 Å². The van der Waals surface area contributed by atoms with E-state index in [0.29, 0.717) is 25.0 Å². The molecule has 1 saturated heterocycles. The number of rotatable bonds is 2. The number of benzene rings is 2. The monoisotopic (exact) mass is 444 g/mol. The van der Waals surface area contributed by atoms with E-state index in [0.717, 1.165) is 16.8 Å². The molecule has 2 aromatic carbocycles. The first-order chi connectivity index (χ1) is 14.6. The second-order valence-electron chi connectivity index (χ2n) is 9.47. The first kappa shape index (κ1) is 20.9. The Kier molecular flexibility index (Phi) is 4.57. The molecule has 2 aromatic rings. The Hall–Kier alpha value is -1.96. The fourth-order valence-corrected chi connectivity index (χ4v) is 5.04. The predicted molar refractivity (Wildman–Crippen MR) is 120 cm³/mol. The van der Waals surface area contributed by atoms with Crippen LogP contribution in [0.5, 0.6) is 0 Å². The van der Waals surface area contributed by atoms with Crippen LogP contribution < -0.4 is 10.4 Å². The summed E-state index contributed by atoms with van der Waals surface area (Å²) in [5, 5.41) is 0.00317. The topological polar surface area (TPSA) is 34.1 Å². The maximum absolute atomic E-state index is 15.1. The number of fused-ring (bicyclic) bond motifs is 3. The van der Waals surface area contributed by atoms with Crippen molar-refractivity contribution >= 4 is 36.1 Å². The molecule has 0 aliphatic carbocycles. The standard InChI is InChI=1S/C23H24BClF2N2O2/c1-21(2)22(3,4)31-24(30-21)19-16-12-23(14-6-5-7-15(26)10-14)13-28-8-9-29(23)18(16)11-17(27)20(19)25/h5-7,10-11,13H,8-9,12H2,1-4H3. The van der Waals surface area contributed by atoms with Crippen LogP contribution in [-0.2, 0) is 21.3 Å². The lowest BCUT2D eigenvalue weighted by Crippen LogP contribution is -2.49. The zero-order chi connectivity index (χ0) is 22.2. The number of nitrogens with zero attached hydrogens (tertiary/aromatic N) is 2. The lowest BCUT2D eigenvalue weighted by molar-refractivity contribution is 0.00578. The summed E-state index contributed by atoms with van der Waals surface area (Å²) in [5.41, 5.74) is 0.959. The van der Waals surface area contributed by atoms with Gasteiger partial charge < -0.3 is 14.2 Å². The highest BCUT2D eigenvalue weighted by atomic mass is 35.5. The number of halogens is 3. The van der Waals surface area contributed by atoms with Gasteiger partial charge in [-0.05, 0) is 57.0 Å². The average molecular weight is 445 g/mol. The molecule has 0 bridgehead atoms. The van der Waals surface area contributed by atoms with E-state index in [1.807, 2.05) is 40.0 Å². The Morgan fingerprint density at radius 2 is 1.81 bits per heavy atom. The van der Waals surface area contributed by atoms with Crippen molar-refractivity contribution in [2.45, 2.75) is 50.9 Å². The summed E-state index contributed by atoms with van der Waals surface area (Å²) in [6.45, 7) is 8.96. The molecular weight excluding hydrogens is 421 g/mol. The van der Waals surface area contributed by atoms with Gasteiger partial charge in [0.25, 0.3) is 0 Å². The van der Waals surface area contributed by atoms with Gasteiger partial charge in [-0.3, -0.25) is 4.99 Å². The molecule has 3 aliphatic heterocycles. The minimum absolute atomic E-state index is 0.00317. The third-order valence-electron chi connectivity index (χ3n) is 7.13. The largest absolute Gasteiger partial charge is 0.496 e. The third kappa shape index (κ3) is 2.97. The van der Waals surface area contributed by atoms with Crippen LogP contribution in [0.15, 0.2) is 35.3 Å². The normalized spacial score (nSPS) is 25.6. The molecule has 0 spiro atoms. The van der Waals surface area contributed by atoms with E-state index in [9.17, 15) is 4.39 Å². The van der Waals surface area contributed by atoms with Crippen LogP contribution >= 0.6 is 11.6 Å². The molecule has 0 amide bonds. The Balaban J connectivity index is 1.69. The molecule has 4 nitrogen and oxygen atoms in total. The first-order valence-corrected chi connectivity index (χ1v) is 10.8. The van der Waals surface area contributed by atoms with E-state index in [-0.39, 0.29) is 10.8 Å². The Bertz CT molecular complexity index is 1090. The molecule has 3 heterocycles. The Morgan fingerprint density at radius 3 is 2.48 bits per heavy atom. The minimum atomic E-state index is -0.801. The van der Waals surface area contributed by atoms with Crippen molar-refractivity contribution in [1.82, 2.24) is 0 Å². The molecule has 0 saturated carbocycles. The van der Waals surface area contributed by atoms with E-state index in [1.54, 1.807) is 6.07 Å². The van der Waals surface area contributed by atoms with Gasteiger partial charge in [-0.2, -0.15) is 0 Å². The lowest BCUT2D eigenvalue weighted by Gasteiger charge is -2.40. The SMILES string of the molecule is CC1(C)OB(c2c(Cl)c(F)cc3c2CC2(c4cccc(F)c4)C=NCCN32)OC1(C)C. The van der Waals surface area contributed by atoms with E-state index in [2.05, 4.69) is 9.89 Å². The highest BCUT2D eigenvalue weighted by Gasteiger charge is 2.55. The average Bonchev–Trinajstić information content (AvgIpc) is 3.13. The van der Waals surface area contributed by atoms with Crippen LogP contribution in [0.25, 0.3) is 0 Å². The third-order valence-corrected chi connectivity index (χ3v) is 7.52. The lowest BCUT2D eigenvalue weighted by atomic mass is 9.73. The number of aliphatic imine (C=N–C) groups is 1. The van der Waals surface area contributed by atoms with Gasteiger partial charge in [0.05, 0.1) is 22.8 Å². The van der Waals surface area contributed by atoms with Gasteiger partial charge in [0.1, 0.15) is 17.2 Å². The number of anilines is 1. The molecule has 5 rings (SSSR count). The molecule has 162 valence electrons. The summed E-state index contributed by atoms with van der Waals surface area (Å²) < 4.78 is 41.7. The molecule has 31 heavy (non-hydrogen) atoms. The van der Waals surface area contributed by atoms with Crippen LogP contribution in [0.4, 0.5) is 14.5 Å². The molecule has 0 N–H and O–H groups in total. The maximum Gasteiger partial charge on any atom is 0.496 e. The van der Waals surface area contributed by atoms with Gasteiger partial charge in [0.15, 0.2) is 0 Å². The first-order valence-electron chi connectivity index (χ1n) is 10.5. The van der Waals surface area contributed by atoms with Gasteiger partial charge in [-0.1, -0.05) is 23.7 Å². The van der Waals surface area contributed by atoms with Crippen LogP contribution in [0.1, 0.15) is 38.8 Å². The zero-order valence-corrected chi connectivity index (χ0v) is 18.8. The molecule has 1 unspecified atom stereocenters. The van der Waals surface area contributed by atoms with Crippen molar-refractivity contribution in [2.75, 3.05) is 18.0 Å². The molecule has 3 aliphatic rings. The fourth-order valence-electron chi connectivity index (χ4n) is 4.78. The van der Waals surface area contributed by atoms with Crippen molar-refractivity contribution in [3.8, 4) is 0 Å². The van der Waals surface area contributed by atoms with Crippen molar-refractivity contribution in [1.29, 1.82) is 0 Å². The quantitative estimate of drug-likeness (QED) is 0.649. The van der Waals surface area contributed by atoms with Crippen molar-refractivity contribution in [3.63, 3.8) is 0 Å². The second-order valence-corrected chi connectivity index (χ2v) is 9.85. The zero-order valence-electron chi connectivity index (χ0n) is 18.0. The molecule has 0 aromatic heterocycles. The van der Waals surface area contributed by atoms with E-state index < -0.39 is 29.7 Å². The molecule has 1 fully saturated rings. The number of hydrogen-bond donors (Lipinski definition) is 0. The highest BCUT2D eigenvalue weighted by Crippen LogP contribution is 2.47. The van der Waals surface area contributed by atoms with E-state index in [4.69, 9.17) is 20.9 Å². The molecule has 0 radical (unpaired) electrons. The Labute approximate surface area is 186 Å². The molecular formula is C23H24BClF2N2O2. The van der Waals surface area contributed by atoms with E-state index >= 15 is 4.39 Å². The predicted octanol–water partition coefficient (Wildman–Crippen LogP) is 4.26. The van der Waals surface area contributed by atoms with Crippen LogP contribution in [0.2, 0.25) is 5.02 Å². The number of hydrogen-bond acceptors (Lipinski definition) is 4. The highest BCUT2D eigenvalue weighted by molar-refractivity contribution is 6.66. The summed E-state index contributed by atoms with van der Waals surface area (Å²) >= 11 is 6.51. The summed E-state index contributed by atoms with van der Waals surface area (Å²) in [7, 11) is -0.801. The van der Waals surface area contributed by atoms with Gasteiger partial charge in [0.2, 0.25) is 0 Å². The van der Waals surface area contributed by atoms with Crippen molar-refractivity contribution in [2.24, 2.45) is 4.99 Å². The van der Waals surface area contributed by atoms with Crippen LogP contribution in [-0.4, -0.2) is 37.6 Å². The van der Waals surface area contributed by atoms with Gasteiger partial charge in [-0.25, -0.2) is 8.78 Å². The maximum atomic E-state index is 15.1. The fraction of sp³-hybridized carbons (Fsp3) is 0.435. The summed E-state index contributed by atoms with van der Waals surface area (Å²) in [6, 6.07) is 7.96. The van der Waals surface area contributed by atoms with Gasteiger partial charge >= 0.3 is 7.12 Å². The van der Waals surface area contributed by atoms with Crippen LogP contribution in [0, 0.1) is 11.6 Å². The van der Waals surface area contributed by atoms with Gasteiger partial charge in [0, 0.05) is 30.3 Å². The smallest absolute Gasteiger partial charge is 0.399 e. The Morgan fingerprint density at radius 1 is 1.10 bits per heavy atom.